The van der Waals surface area contributed by atoms with E-state index in [2.05, 4.69) is 18.7 Å². The first-order chi connectivity index (χ1) is 10.1. The quantitative estimate of drug-likeness (QED) is 0.821. The van der Waals surface area contributed by atoms with Crippen molar-refractivity contribution in [1.29, 1.82) is 0 Å². The lowest BCUT2D eigenvalue weighted by molar-refractivity contribution is 0.126. The van der Waals surface area contributed by atoms with Crippen LogP contribution < -0.4 is 5.73 Å². The van der Waals surface area contributed by atoms with E-state index in [1.165, 1.54) is 18.9 Å². The van der Waals surface area contributed by atoms with E-state index < -0.39 is 5.54 Å². The molecule has 3 heteroatoms. The zero-order chi connectivity index (χ0) is 15.3. The maximum absolute atomic E-state index is 14.3. The Balaban J connectivity index is 2.34. The van der Waals surface area contributed by atoms with Crippen molar-refractivity contribution in [3.8, 4) is 0 Å². The number of benzene rings is 1. The smallest absolute Gasteiger partial charge is 0.128 e. The summed E-state index contributed by atoms with van der Waals surface area (Å²) in [5.74, 6) is -0.164. The van der Waals surface area contributed by atoms with Gasteiger partial charge in [-0.3, -0.25) is 4.90 Å². The highest BCUT2D eigenvalue weighted by molar-refractivity contribution is 5.28. The van der Waals surface area contributed by atoms with Crippen molar-refractivity contribution >= 4 is 0 Å². The molecule has 1 fully saturated rings. The molecule has 0 bridgehead atoms. The molecule has 0 radical (unpaired) electrons. The molecule has 2 rings (SSSR count). The van der Waals surface area contributed by atoms with E-state index in [1.54, 1.807) is 6.07 Å². The van der Waals surface area contributed by atoms with Crippen molar-refractivity contribution in [2.45, 2.75) is 64.0 Å². The largest absolute Gasteiger partial charge is 0.320 e. The van der Waals surface area contributed by atoms with Gasteiger partial charge < -0.3 is 5.73 Å². The summed E-state index contributed by atoms with van der Waals surface area (Å²) in [5, 5.41) is 0. The third-order valence-corrected chi connectivity index (χ3v) is 4.97. The van der Waals surface area contributed by atoms with Crippen LogP contribution in [-0.4, -0.2) is 24.0 Å². The predicted octanol–water partition coefficient (Wildman–Crippen LogP) is 4.04. The number of hydrogen-bond acceptors (Lipinski definition) is 2. The van der Waals surface area contributed by atoms with Crippen LogP contribution in [0.1, 0.15) is 57.9 Å². The molecule has 0 spiro atoms. The van der Waals surface area contributed by atoms with Crippen LogP contribution in [0.3, 0.4) is 0 Å². The van der Waals surface area contributed by atoms with Crippen LogP contribution in [0.15, 0.2) is 24.3 Å². The summed E-state index contributed by atoms with van der Waals surface area (Å²) in [6.45, 7) is 6.49. The summed E-state index contributed by atoms with van der Waals surface area (Å²) in [6.07, 6.45) is 6.59. The van der Waals surface area contributed by atoms with Gasteiger partial charge in [0.2, 0.25) is 0 Å². The normalized spacial score (nSPS) is 20.4. The molecule has 0 aromatic heterocycles. The van der Waals surface area contributed by atoms with Gasteiger partial charge in [0, 0.05) is 11.6 Å². The van der Waals surface area contributed by atoms with Crippen LogP contribution in [0, 0.1) is 5.82 Å². The van der Waals surface area contributed by atoms with Gasteiger partial charge in [-0.25, -0.2) is 4.39 Å². The standard InChI is InChI=1S/C18H29FN2/c1-3-5-12-17(21-13-8-9-14-21)18(20,4-2)15-10-6-7-11-16(15)19/h6-7,10-11,17H,3-5,8-9,12-14,20H2,1-2H3. The summed E-state index contributed by atoms with van der Waals surface area (Å²) in [4.78, 5) is 2.49. The fourth-order valence-electron chi connectivity index (χ4n) is 3.66. The van der Waals surface area contributed by atoms with E-state index in [4.69, 9.17) is 5.73 Å². The molecule has 2 unspecified atom stereocenters. The highest BCUT2D eigenvalue weighted by Gasteiger charge is 2.40. The Hall–Kier alpha value is -0.930. The average Bonchev–Trinajstić information content (AvgIpc) is 3.01. The third-order valence-electron chi connectivity index (χ3n) is 4.97. The van der Waals surface area contributed by atoms with Crippen molar-refractivity contribution < 1.29 is 4.39 Å². The zero-order valence-electron chi connectivity index (χ0n) is 13.4. The third kappa shape index (κ3) is 3.46. The minimum Gasteiger partial charge on any atom is -0.320 e. The molecule has 1 aromatic rings. The van der Waals surface area contributed by atoms with Gasteiger partial charge in [-0.15, -0.1) is 0 Å². The Labute approximate surface area is 128 Å². The summed E-state index contributed by atoms with van der Waals surface area (Å²) >= 11 is 0. The monoisotopic (exact) mass is 292 g/mol. The average molecular weight is 292 g/mol. The molecule has 1 aliphatic heterocycles. The summed E-state index contributed by atoms with van der Waals surface area (Å²) in [5.41, 5.74) is 6.89. The van der Waals surface area contributed by atoms with Crippen molar-refractivity contribution in [3.63, 3.8) is 0 Å². The maximum Gasteiger partial charge on any atom is 0.128 e. The topological polar surface area (TPSA) is 29.3 Å². The molecule has 2 N–H and O–H groups in total. The number of unbranched alkanes of at least 4 members (excludes halogenated alkanes) is 1. The van der Waals surface area contributed by atoms with E-state index in [1.807, 2.05) is 12.1 Å². The second-order valence-electron chi connectivity index (χ2n) is 6.27. The molecule has 2 nitrogen and oxygen atoms in total. The fourth-order valence-corrected chi connectivity index (χ4v) is 3.66. The Morgan fingerprint density at radius 3 is 2.48 bits per heavy atom. The molecule has 0 aliphatic carbocycles. The predicted molar refractivity (Wildman–Crippen MR) is 86.7 cm³/mol. The van der Waals surface area contributed by atoms with E-state index in [0.29, 0.717) is 5.56 Å². The zero-order valence-corrected chi connectivity index (χ0v) is 13.4. The number of nitrogens with zero attached hydrogens (tertiary/aromatic N) is 1. The molecule has 1 saturated heterocycles. The van der Waals surface area contributed by atoms with Crippen LogP contribution in [-0.2, 0) is 5.54 Å². The van der Waals surface area contributed by atoms with Gasteiger partial charge in [0.15, 0.2) is 0 Å². The second-order valence-corrected chi connectivity index (χ2v) is 6.27. The summed E-state index contributed by atoms with van der Waals surface area (Å²) < 4.78 is 14.3. The Morgan fingerprint density at radius 2 is 1.90 bits per heavy atom. The van der Waals surface area contributed by atoms with Gasteiger partial charge in [0.25, 0.3) is 0 Å². The Morgan fingerprint density at radius 1 is 1.24 bits per heavy atom. The lowest BCUT2D eigenvalue weighted by atomic mass is 9.78. The molecular weight excluding hydrogens is 263 g/mol. The van der Waals surface area contributed by atoms with Crippen LogP contribution >= 0.6 is 0 Å². The summed E-state index contributed by atoms with van der Waals surface area (Å²) in [7, 11) is 0. The molecule has 21 heavy (non-hydrogen) atoms. The van der Waals surface area contributed by atoms with Crippen LogP contribution in [0.4, 0.5) is 4.39 Å². The minimum atomic E-state index is -0.592. The van der Waals surface area contributed by atoms with Gasteiger partial charge >= 0.3 is 0 Å². The van der Waals surface area contributed by atoms with Crippen LogP contribution in [0.2, 0.25) is 0 Å². The first-order valence-corrected chi connectivity index (χ1v) is 8.41. The van der Waals surface area contributed by atoms with E-state index in [9.17, 15) is 4.39 Å². The minimum absolute atomic E-state index is 0.164. The van der Waals surface area contributed by atoms with Gasteiger partial charge in [-0.05, 0) is 44.8 Å². The van der Waals surface area contributed by atoms with Crippen LogP contribution in [0.5, 0.6) is 0 Å². The number of rotatable bonds is 7. The first-order valence-electron chi connectivity index (χ1n) is 8.41. The highest BCUT2D eigenvalue weighted by atomic mass is 19.1. The van der Waals surface area contributed by atoms with E-state index in [-0.39, 0.29) is 11.9 Å². The lowest BCUT2D eigenvalue weighted by Crippen LogP contribution is -2.55. The highest BCUT2D eigenvalue weighted by Crippen LogP contribution is 2.35. The molecule has 1 aromatic carbocycles. The number of nitrogens with two attached hydrogens (primary N) is 1. The van der Waals surface area contributed by atoms with Crippen molar-refractivity contribution in [2.75, 3.05) is 13.1 Å². The van der Waals surface area contributed by atoms with Gasteiger partial charge in [-0.2, -0.15) is 0 Å². The second kappa shape index (κ2) is 7.37. The number of hydrogen-bond donors (Lipinski definition) is 1. The molecule has 118 valence electrons. The Bertz CT molecular complexity index is 443. The van der Waals surface area contributed by atoms with Crippen molar-refractivity contribution in [1.82, 2.24) is 4.90 Å². The molecule has 1 aliphatic rings. The lowest BCUT2D eigenvalue weighted by Gasteiger charge is -2.43. The maximum atomic E-state index is 14.3. The number of halogens is 1. The Kier molecular flexibility index (Phi) is 5.77. The molecule has 1 heterocycles. The molecule has 0 amide bonds. The first kappa shape index (κ1) is 16.4. The van der Waals surface area contributed by atoms with Gasteiger partial charge in [0.1, 0.15) is 5.82 Å². The van der Waals surface area contributed by atoms with Crippen molar-refractivity contribution in [2.24, 2.45) is 5.73 Å². The summed E-state index contributed by atoms with van der Waals surface area (Å²) in [6, 6.07) is 7.28. The van der Waals surface area contributed by atoms with Gasteiger partial charge in [-0.1, -0.05) is 44.9 Å². The van der Waals surface area contributed by atoms with Gasteiger partial charge in [0.05, 0.1) is 5.54 Å². The SMILES string of the molecule is CCCCC(N1CCCC1)C(N)(CC)c1ccccc1F. The number of likely N-dealkylation sites (tertiary alicyclic amines) is 1. The van der Waals surface area contributed by atoms with E-state index >= 15 is 0 Å². The molecule has 2 atom stereocenters. The van der Waals surface area contributed by atoms with Crippen LogP contribution in [0.25, 0.3) is 0 Å². The van der Waals surface area contributed by atoms with Crippen molar-refractivity contribution in [3.05, 3.63) is 35.6 Å². The molecule has 0 saturated carbocycles. The van der Waals surface area contributed by atoms with E-state index in [0.717, 1.165) is 38.8 Å². The fraction of sp³-hybridized carbons (Fsp3) is 0.667. The molecular formula is C18H29FN2.